The molecule has 2 aromatic rings. The van der Waals surface area contributed by atoms with Crippen molar-refractivity contribution in [1.29, 1.82) is 0 Å². The predicted octanol–water partition coefficient (Wildman–Crippen LogP) is 5.82. The van der Waals surface area contributed by atoms with Gasteiger partial charge < -0.3 is 9.80 Å². The summed E-state index contributed by atoms with van der Waals surface area (Å²) < 4.78 is 61.1. The quantitative estimate of drug-likeness (QED) is 0.320. The normalized spacial score (nSPS) is 21.6. The lowest BCUT2D eigenvalue weighted by molar-refractivity contribution is 0.187. The second kappa shape index (κ2) is 17.8. The first kappa shape index (κ1) is 38.8. The third kappa shape index (κ3) is 10.0. The van der Waals surface area contributed by atoms with Crippen LogP contribution < -0.4 is 4.90 Å². The van der Waals surface area contributed by atoms with Crippen molar-refractivity contribution in [2.45, 2.75) is 68.6 Å². The first-order valence-corrected chi connectivity index (χ1v) is 20.3. The molecule has 0 atom stereocenters. The van der Waals surface area contributed by atoms with Crippen LogP contribution in [0.25, 0.3) is 0 Å². The zero-order valence-corrected chi connectivity index (χ0v) is 31.3. The van der Waals surface area contributed by atoms with Gasteiger partial charge in [-0.25, -0.2) is 8.42 Å². The van der Waals surface area contributed by atoms with Gasteiger partial charge in [0.25, 0.3) is 10.2 Å². The van der Waals surface area contributed by atoms with Crippen LogP contribution in [-0.4, -0.2) is 108 Å². The van der Waals surface area contributed by atoms with Crippen molar-refractivity contribution in [3.8, 4) is 0 Å². The number of piperidine rings is 1. The van der Waals surface area contributed by atoms with E-state index in [1.54, 1.807) is 20.7 Å². The monoisotopic (exact) mass is 721 g/mol. The van der Waals surface area contributed by atoms with Gasteiger partial charge in [-0.15, -0.1) is 12.4 Å². The van der Waals surface area contributed by atoms with Gasteiger partial charge >= 0.3 is 0 Å². The summed E-state index contributed by atoms with van der Waals surface area (Å²) in [7, 11) is -3.73. The molecule has 3 aliphatic rings. The van der Waals surface area contributed by atoms with Gasteiger partial charge in [0.2, 0.25) is 10.0 Å². The summed E-state index contributed by atoms with van der Waals surface area (Å²) in [6.07, 6.45) is 9.33. The number of benzene rings is 2. The molecule has 268 valence electrons. The third-order valence-electron chi connectivity index (χ3n) is 10.2. The van der Waals surface area contributed by atoms with Crippen molar-refractivity contribution in [3.05, 3.63) is 72.3 Å². The summed E-state index contributed by atoms with van der Waals surface area (Å²) in [5, 5.41) is 0. The average molecular weight is 722 g/mol. The molecule has 12 heteroatoms. The summed E-state index contributed by atoms with van der Waals surface area (Å²) in [6, 6.07) is 17.3. The number of hydrogen-bond acceptors (Lipinski definition) is 6. The van der Waals surface area contributed by atoms with E-state index in [9.17, 15) is 16.8 Å². The Morgan fingerprint density at radius 1 is 0.688 bits per heavy atom. The maximum Gasteiger partial charge on any atom is 0.282 e. The molecule has 2 aromatic carbocycles. The molecule has 2 aliphatic heterocycles. The van der Waals surface area contributed by atoms with E-state index in [4.69, 9.17) is 0 Å². The van der Waals surface area contributed by atoms with Gasteiger partial charge in [0, 0.05) is 65.6 Å². The molecule has 0 amide bonds. The van der Waals surface area contributed by atoms with Crippen molar-refractivity contribution >= 4 is 38.3 Å². The number of rotatable bonds is 8. The Labute approximate surface area is 296 Å². The van der Waals surface area contributed by atoms with Gasteiger partial charge in [-0.2, -0.15) is 21.3 Å². The highest BCUT2D eigenvalue weighted by Gasteiger charge is 2.35. The molecule has 5 rings (SSSR count). The average Bonchev–Trinajstić information content (AvgIpc) is 3.07. The minimum absolute atomic E-state index is 0. The van der Waals surface area contributed by atoms with Crippen molar-refractivity contribution < 1.29 is 16.8 Å². The van der Waals surface area contributed by atoms with Crippen LogP contribution in [0.4, 0.5) is 5.69 Å². The number of hydrogen-bond donors (Lipinski definition) is 0. The van der Waals surface area contributed by atoms with Crippen LogP contribution in [0.1, 0.15) is 69.3 Å². The topological polar surface area (TPSA) is 84.5 Å². The number of anilines is 1. The van der Waals surface area contributed by atoms with E-state index in [2.05, 4.69) is 23.6 Å². The molecular weight excluding hydrogens is 666 g/mol. The summed E-state index contributed by atoms with van der Waals surface area (Å²) in [5.41, 5.74) is 2.77. The van der Waals surface area contributed by atoms with E-state index in [0.29, 0.717) is 50.0 Å². The van der Waals surface area contributed by atoms with E-state index in [0.717, 1.165) is 44.6 Å². The first-order valence-electron chi connectivity index (χ1n) is 17.5. The Kier molecular flexibility index (Phi) is 14.4. The Morgan fingerprint density at radius 3 is 1.88 bits per heavy atom. The van der Waals surface area contributed by atoms with Crippen LogP contribution in [0.3, 0.4) is 0 Å². The molecule has 2 heterocycles. The number of nitrogens with zero attached hydrogens (tertiary/aromatic N) is 5. The zero-order valence-electron chi connectivity index (χ0n) is 28.9. The SMILES string of the molecule is C=C1CN(S(=O)(=O)c2ccc(N(C)C)cc2)CCCN(CC2CCCCC2)CCCN(S(=O)(=O)N2CCC(c3ccccc3)CC2)C1.Cl. The van der Waals surface area contributed by atoms with Gasteiger partial charge in [0.05, 0.1) is 4.90 Å². The highest BCUT2D eigenvalue weighted by Crippen LogP contribution is 2.30. The Bertz CT molecular complexity index is 1510. The van der Waals surface area contributed by atoms with Crippen molar-refractivity contribution in [1.82, 2.24) is 17.8 Å². The van der Waals surface area contributed by atoms with Crippen molar-refractivity contribution in [2.24, 2.45) is 5.92 Å². The lowest BCUT2D eigenvalue weighted by atomic mass is 9.89. The third-order valence-corrected chi connectivity index (χ3v) is 14.0. The highest BCUT2D eigenvalue weighted by atomic mass is 35.5. The molecule has 1 saturated carbocycles. The number of sulfonamides is 1. The lowest BCUT2D eigenvalue weighted by Gasteiger charge is -2.36. The minimum Gasteiger partial charge on any atom is -0.378 e. The van der Waals surface area contributed by atoms with Crippen LogP contribution >= 0.6 is 12.4 Å². The molecule has 0 spiro atoms. The fraction of sp³-hybridized carbons (Fsp3) is 0.611. The van der Waals surface area contributed by atoms with Crippen LogP contribution in [0.5, 0.6) is 0 Å². The zero-order chi connectivity index (χ0) is 33.4. The highest BCUT2D eigenvalue weighted by molar-refractivity contribution is 7.89. The molecule has 0 bridgehead atoms. The lowest BCUT2D eigenvalue weighted by Crippen LogP contribution is -2.49. The van der Waals surface area contributed by atoms with Gasteiger partial charge in [-0.3, -0.25) is 0 Å². The molecule has 0 aromatic heterocycles. The van der Waals surface area contributed by atoms with Gasteiger partial charge in [0.15, 0.2) is 0 Å². The van der Waals surface area contributed by atoms with Gasteiger partial charge in [-0.05, 0) is 98.9 Å². The first-order chi connectivity index (χ1) is 22.5. The molecule has 48 heavy (non-hydrogen) atoms. The predicted molar refractivity (Wildman–Crippen MR) is 199 cm³/mol. The molecular formula is C36H56ClN5O4S2. The van der Waals surface area contributed by atoms with E-state index in [-0.39, 0.29) is 30.4 Å². The second-order valence-electron chi connectivity index (χ2n) is 13.9. The van der Waals surface area contributed by atoms with Crippen molar-refractivity contribution in [3.63, 3.8) is 0 Å². The fourth-order valence-corrected chi connectivity index (χ4v) is 10.7. The van der Waals surface area contributed by atoms with Crippen LogP contribution in [0, 0.1) is 5.92 Å². The molecule has 0 radical (unpaired) electrons. The van der Waals surface area contributed by atoms with E-state index >= 15 is 0 Å². The fourth-order valence-electron chi connectivity index (χ4n) is 7.45. The van der Waals surface area contributed by atoms with Crippen LogP contribution in [0.15, 0.2) is 71.6 Å². The standard InChI is InChI=1S/C36H55N5O4S2.ClH/c1-31-28-40(46(42,43)36-18-16-35(17-19-36)37(2)3)24-10-22-38(30-32-12-6-4-7-13-32)23-11-25-41(29-31)47(44,45)39-26-20-34(21-27-39)33-14-8-5-9-15-33;/h5,8-9,14-19,32,34H,1,4,6-7,10-13,20-30H2,2-3H3;1H. The van der Waals surface area contributed by atoms with Gasteiger partial charge in [-0.1, -0.05) is 56.2 Å². The summed E-state index contributed by atoms with van der Waals surface area (Å²) in [4.78, 5) is 4.64. The van der Waals surface area contributed by atoms with Crippen molar-refractivity contribution in [2.75, 3.05) is 77.9 Å². The summed E-state index contributed by atoms with van der Waals surface area (Å²) in [6.45, 7) is 8.70. The van der Waals surface area contributed by atoms with E-state index in [1.807, 2.05) is 49.3 Å². The van der Waals surface area contributed by atoms with Crippen LogP contribution in [0.2, 0.25) is 0 Å². The maximum atomic E-state index is 14.2. The molecule has 9 nitrogen and oxygen atoms in total. The molecule has 2 saturated heterocycles. The Hall–Kier alpha value is -1.99. The van der Waals surface area contributed by atoms with E-state index < -0.39 is 20.2 Å². The molecule has 1 aliphatic carbocycles. The van der Waals surface area contributed by atoms with E-state index in [1.165, 1.54) is 42.0 Å². The van der Waals surface area contributed by atoms with Crippen LogP contribution in [-0.2, 0) is 20.2 Å². The molecule has 0 unspecified atom stereocenters. The summed E-state index contributed by atoms with van der Waals surface area (Å²) >= 11 is 0. The minimum atomic E-state index is -3.82. The Morgan fingerprint density at radius 2 is 1.27 bits per heavy atom. The smallest absolute Gasteiger partial charge is 0.282 e. The number of halogens is 1. The summed E-state index contributed by atoms with van der Waals surface area (Å²) in [5.74, 6) is 1.00. The molecule has 0 N–H and O–H groups in total. The largest absolute Gasteiger partial charge is 0.378 e. The second-order valence-corrected chi connectivity index (χ2v) is 17.8. The molecule has 3 fully saturated rings. The Balaban J connectivity index is 0.00000520. The maximum absolute atomic E-state index is 14.2. The van der Waals surface area contributed by atoms with Gasteiger partial charge in [0.1, 0.15) is 0 Å².